The lowest BCUT2D eigenvalue weighted by Crippen LogP contribution is -2.63. The van der Waals surface area contributed by atoms with Crippen LogP contribution in [0.5, 0.6) is 0 Å². The molecule has 4 aromatic rings. The van der Waals surface area contributed by atoms with Crippen LogP contribution in [0, 0.1) is 6.92 Å². The highest BCUT2D eigenvalue weighted by molar-refractivity contribution is 7.99. The van der Waals surface area contributed by atoms with Crippen LogP contribution < -0.4 is 0 Å². The molecular weight excluding hydrogens is 685 g/mol. The van der Waals surface area contributed by atoms with Crippen LogP contribution in [0.2, 0.25) is 18.1 Å². The molecule has 3 unspecified atom stereocenters. The molecule has 1 saturated heterocycles. The molecule has 6 nitrogen and oxygen atoms in total. The molecule has 278 valence electrons. The standard InChI is InChI=1S/C44H56O6SSi/c1-31-25-26-35(43(2,3)4)27-37(31)51-42-40(49-41(45)34-23-17-12-18-24-34)39(50-52(8,9)44(5,6)7)38(47-29-33-21-15-11-16-22-33)36(48-42)30-46-28-32-19-13-10-14-20-32/h10-27,36,38-40,42H,28-30H2,1-9H3/t36?,38-,39?,40?,42+/m1/s1. The molecule has 0 aromatic heterocycles. The van der Waals surface area contributed by atoms with Crippen molar-refractivity contribution in [3.63, 3.8) is 0 Å². The summed E-state index contributed by atoms with van der Waals surface area (Å²) < 4.78 is 34.2. The lowest BCUT2D eigenvalue weighted by Gasteiger charge is -2.49. The van der Waals surface area contributed by atoms with E-state index in [1.54, 1.807) is 23.9 Å². The van der Waals surface area contributed by atoms with Crippen LogP contribution in [-0.2, 0) is 42.0 Å². The fourth-order valence-corrected chi connectivity index (χ4v) is 8.35. The molecule has 52 heavy (non-hydrogen) atoms. The van der Waals surface area contributed by atoms with Crippen LogP contribution >= 0.6 is 11.8 Å². The van der Waals surface area contributed by atoms with Gasteiger partial charge in [-0.2, -0.15) is 0 Å². The highest BCUT2D eigenvalue weighted by atomic mass is 32.2. The van der Waals surface area contributed by atoms with Gasteiger partial charge in [0.25, 0.3) is 0 Å². The number of aryl methyl sites for hydroxylation is 1. The maximum atomic E-state index is 14.0. The van der Waals surface area contributed by atoms with Crippen molar-refractivity contribution >= 4 is 26.0 Å². The smallest absolute Gasteiger partial charge is 0.338 e. The Morgan fingerprint density at radius 3 is 1.90 bits per heavy atom. The second-order valence-electron chi connectivity index (χ2n) is 16.2. The van der Waals surface area contributed by atoms with E-state index >= 15 is 0 Å². The third-order valence-electron chi connectivity index (χ3n) is 10.1. The molecule has 1 heterocycles. The molecule has 0 spiro atoms. The number of thioether (sulfide) groups is 1. The van der Waals surface area contributed by atoms with Crippen LogP contribution in [-0.4, -0.2) is 50.7 Å². The van der Waals surface area contributed by atoms with Gasteiger partial charge in [-0.1, -0.05) is 144 Å². The van der Waals surface area contributed by atoms with Crippen molar-refractivity contribution in [2.45, 2.75) is 120 Å². The summed E-state index contributed by atoms with van der Waals surface area (Å²) in [5.41, 5.74) is 4.25. The van der Waals surface area contributed by atoms with Gasteiger partial charge in [0.15, 0.2) is 14.4 Å². The molecule has 1 aliphatic rings. The molecule has 4 aromatic carbocycles. The lowest BCUT2D eigenvalue weighted by atomic mass is 9.87. The Morgan fingerprint density at radius 2 is 1.33 bits per heavy atom. The second kappa shape index (κ2) is 17.3. The fourth-order valence-electron chi connectivity index (χ4n) is 5.80. The molecule has 5 rings (SSSR count). The van der Waals surface area contributed by atoms with Gasteiger partial charge in [0.2, 0.25) is 0 Å². The Balaban J connectivity index is 1.59. The minimum atomic E-state index is -2.47. The highest BCUT2D eigenvalue weighted by Gasteiger charge is 2.53. The van der Waals surface area contributed by atoms with Gasteiger partial charge in [0.05, 0.1) is 25.4 Å². The maximum absolute atomic E-state index is 14.0. The van der Waals surface area contributed by atoms with E-state index in [0.29, 0.717) is 18.8 Å². The molecule has 0 N–H and O–H groups in total. The van der Waals surface area contributed by atoms with Crippen molar-refractivity contribution < 1.29 is 28.2 Å². The van der Waals surface area contributed by atoms with Crippen LogP contribution in [0.15, 0.2) is 114 Å². The summed E-state index contributed by atoms with van der Waals surface area (Å²) in [7, 11) is -2.47. The SMILES string of the molecule is Cc1ccc(C(C)(C)C)cc1S[C@@H]1OC(COCc2ccccc2)[C@@H](OCc2ccccc2)C(O[Si](C)(C)C(C)(C)C)C1OC(=O)c1ccccc1. The predicted octanol–water partition coefficient (Wildman–Crippen LogP) is 10.5. The number of hydrogen-bond acceptors (Lipinski definition) is 7. The number of carbonyl (C=O) groups is 1. The second-order valence-corrected chi connectivity index (χ2v) is 22.1. The molecule has 0 saturated carbocycles. The average Bonchev–Trinajstić information content (AvgIpc) is 3.10. The quantitative estimate of drug-likeness (QED) is 0.0999. The molecule has 0 radical (unpaired) electrons. The molecule has 1 fully saturated rings. The minimum Gasteiger partial charge on any atom is -0.452 e. The van der Waals surface area contributed by atoms with Gasteiger partial charge < -0.3 is 23.4 Å². The topological polar surface area (TPSA) is 63.2 Å². The van der Waals surface area contributed by atoms with E-state index in [9.17, 15) is 4.79 Å². The van der Waals surface area contributed by atoms with Crippen molar-refractivity contribution in [1.82, 2.24) is 0 Å². The summed E-state index contributed by atoms with van der Waals surface area (Å²) in [6.45, 7) is 20.9. The summed E-state index contributed by atoms with van der Waals surface area (Å²) >= 11 is 1.58. The first-order valence-corrected chi connectivity index (χ1v) is 22.1. The van der Waals surface area contributed by atoms with E-state index in [4.69, 9.17) is 23.4 Å². The van der Waals surface area contributed by atoms with Crippen molar-refractivity contribution in [3.05, 3.63) is 137 Å². The molecule has 0 amide bonds. The Kier molecular flexibility index (Phi) is 13.3. The molecule has 0 bridgehead atoms. The van der Waals surface area contributed by atoms with Gasteiger partial charge in [-0.25, -0.2) is 4.79 Å². The van der Waals surface area contributed by atoms with Crippen molar-refractivity contribution in [3.8, 4) is 0 Å². The van der Waals surface area contributed by atoms with E-state index in [-0.39, 0.29) is 17.1 Å². The maximum Gasteiger partial charge on any atom is 0.338 e. The molecule has 1 aliphatic heterocycles. The third-order valence-corrected chi connectivity index (χ3v) is 15.8. The number of ether oxygens (including phenoxy) is 4. The summed E-state index contributed by atoms with van der Waals surface area (Å²) in [4.78, 5) is 15.0. The number of rotatable bonds is 13. The van der Waals surface area contributed by atoms with Gasteiger partial charge in [0, 0.05) is 4.90 Å². The van der Waals surface area contributed by atoms with Crippen LogP contribution in [0.25, 0.3) is 0 Å². The zero-order valence-corrected chi connectivity index (χ0v) is 34.1. The van der Waals surface area contributed by atoms with Gasteiger partial charge in [0.1, 0.15) is 23.7 Å². The predicted molar refractivity (Wildman–Crippen MR) is 213 cm³/mol. The van der Waals surface area contributed by atoms with Gasteiger partial charge >= 0.3 is 5.97 Å². The minimum absolute atomic E-state index is 0.0478. The van der Waals surface area contributed by atoms with E-state index in [1.807, 2.05) is 66.7 Å². The fraction of sp³-hybridized carbons (Fsp3) is 0.432. The van der Waals surface area contributed by atoms with Crippen LogP contribution in [0.3, 0.4) is 0 Å². The molecule has 0 aliphatic carbocycles. The Bertz CT molecular complexity index is 1720. The van der Waals surface area contributed by atoms with Crippen molar-refractivity contribution in [2.75, 3.05) is 6.61 Å². The lowest BCUT2D eigenvalue weighted by molar-refractivity contribution is -0.224. The van der Waals surface area contributed by atoms with E-state index in [2.05, 4.69) is 91.9 Å². The zero-order valence-electron chi connectivity index (χ0n) is 32.3. The summed E-state index contributed by atoms with van der Waals surface area (Å²) in [6, 6.07) is 35.9. The average molecular weight is 741 g/mol. The van der Waals surface area contributed by atoms with Crippen molar-refractivity contribution in [2.24, 2.45) is 0 Å². The normalized spacial score (nSPS) is 21.1. The summed E-state index contributed by atoms with van der Waals surface area (Å²) in [5, 5.41) is -0.122. The van der Waals surface area contributed by atoms with Crippen LogP contribution in [0.1, 0.15) is 74.2 Å². The Hall–Kier alpha value is -3.24. The highest BCUT2D eigenvalue weighted by Crippen LogP contribution is 2.44. The van der Waals surface area contributed by atoms with Crippen molar-refractivity contribution in [1.29, 1.82) is 0 Å². The first-order chi connectivity index (χ1) is 24.6. The summed E-state index contributed by atoms with van der Waals surface area (Å²) in [5.74, 6) is -0.426. The number of benzene rings is 4. The van der Waals surface area contributed by atoms with Crippen LogP contribution in [0.4, 0.5) is 0 Å². The van der Waals surface area contributed by atoms with Gasteiger partial charge in [-0.05, 0) is 70.9 Å². The van der Waals surface area contributed by atoms with E-state index in [1.165, 1.54) is 5.56 Å². The van der Waals surface area contributed by atoms with Gasteiger partial charge in [-0.15, -0.1) is 0 Å². The number of carbonyl (C=O) groups excluding carboxylic acids is 1. The van der Waals surface area contributed by atoms with Gasteiger partial charge in [-0.3, -0.25) is 0 Å². The number of esters is 1. The first-order valence-electron chi connectivity index (χ1n) is 18.3. The third kappa shape index (κ3) is 10.5. The molecule has 5 atom stereocenters. The molecular formula is C44H56O6SSi. The van der Waals surface area contributed by atoms with E-state index < -0.39 is 44.1 Å². The summed E-state index contributed by atoms with van der Waals surface area (Å²) in [6.07, 6.45) is -2.55. The first kappa shape index (κ1) is 40.0. The van der Waals surface area contributed by atoms with E-state index in [0.717, 1.165) is 21.6 Å². The Labute approximate surface area is 316 Å². The zero-order chi connectivity index (χ0) is 37.5. The monoisotopic (exact) mass is 740 g/mol. The molecule has 8 heteroatoms. The Morgan fingerprint density at radius 1 is 0.750 bits per heavy atom. The number of hydrogen-bond donors (Lipinski definition) is 0. The largest absolute Gasteiger partial charge is 0.452 e.